The predicted octanol–water partition coefficient (Wildman–Crippen LogP) is 6.13. The molecule has 0 spiro atoms. The highest BCUT2D eigenvalue weighted by Crippen LogP contribution is 2.29. The summed E-state index contributed by atoms with van der Waals surface area (Å²) in [4.78, 5) is 69.3. The molecular formula is C37H49ClN4O8. The molecule has 12 nitrogen and oxygen atoms in total. The number of anilines is 1. The topological polar surface area (TPSA) is 144 Å². The van der Waals surface area contributed by atoms with E-state index in [2.05, 4.69) is 10.6 Å². The highest BCUT2D eigenvalue weighted by atomic mass is 35.5. The van der Waals surface area contributed by atoms with Crippen LogP contribution >= 0.6 is 11.6 Å². The number of hydrogen-bond acceptors (Lipinski definition) is 8. The molecule has 1 aliphatic carbocycles. The van der Waals surface area contributed by atoms with Crippen molar-refractivity contribution >= 4 is 47.3 Å². The SMILES string of the molecule is COC(=O)[C@H](CCC(=O)N1CCN(C(=O)OC(C)(C)C)Cc2ccccc21)NC(=O)[C@H](CC1CCCCC1)NC(=O)OCc1cccc(Cl)c1. The van der Waals surface area contributed by atoms with Crippen molar-refractivity contribution in [1.82, 2.24) is 15.5 Å². The Morgan fingerprint density at radius 3 is 2.38 bits per heavy atom. The van der Waals surface area contributed by atoms with Gasteiger partial charge < -0.3 is 34.6 Å². The fraction of sp³-hybridized carbons (Fsp3) is 0.541. The molecule has 0 radical (unpaired) electrons. The second-order valence-corrected chi connectivity index (χ2v) is 14.3. The summed E-state index contributed by atoms with van der Waals surface area (Å²) in [5.41, 5.74) is 1.46. The van der Waals surface area contributed by atoms with Gasteiger partial charge in [-0.15, -0.1) is 0 Å². The number of benzene rings is 2. The molecule has 1 saturated carbocycles. The molecule has 50 heavy (non-hydrogen) atoms. The summed E-state index contributed by atoms with van der Waals surface area (Å²) in [5, 5.41) is 5.94. The van der Waals surface area contributed by atoms with Crippen molar-refractivity contribution in [3.05, 3.63) is 64.7 Å². The second kappa shape index (κ2) is 18.1. The zero-order valence-corrected chi connectivity index (χ0v) is 30.1. The number of rotatable bonds is 11. The Morgan fingerprint density at radius 1 is 0.940 bits per heavy atom. The molecule has 2 atom stereocenters. The maximum atomic E-state index is 13.7. The first-order chi connectivity index (χ1) is 23.8. The summed E-state index contributed by atoms with van der Waals surface area (Å²) in [6, 6.07) is 12.1. The standard InChI is InChI=1S/C37H49ClN4O8/c1-37(2,3)50-36(47)41-19-20-42(31-16-9-8-14-27(31)23-41)32(43)18-17-29(34(45)48-4)39-33(44)30(22-25-11-6-5-7-12-25)40-35(46)49-24-26-13-10-15-28(38)21-26/h8-10,13-16,21,25,29-30H,5-7,11-12,17-20,22-24H2,1-4H3,(H,39,44)(H,40,46)/t29-,30-/m0/s1. The fourth-order valence-corrected chi connectivity index (χ4v) is 6.50. The van der Waals surface area contributed by atoms with Gasteiger partial charge in [0.15, 0.2) is 0 Å². The molecule has 1 fully saturated rings. The van der Waals surface area contributed by atoms with E-state index in [9.17, 15) is 24.0 Å². The van der Waals surface area contributed by atoms with E-state index in [0.29, 0.717) is 22.7 Å². The molecule has 4 rings (SSSR count). The monoisotopic (exact) mass is 712 g/mol. The smallest absolute Gasteiger partial charge is 0.410 e. The highest BCUT2D eigenvalue weighted by Gasteiger charge is 2.33. The Balaban J connectivity index is 1.42. The van der Waals surface area contributed by atoms with Crippen molar-refractivity contribution in [3.8, 4) is 0 Å². The van der Waals surface area contributed by atoms with Gasteiger partial charge in [-0.25, -0.2) is 14.4 Å². The lowest BCUT2D eigenvalue weighted by Crippen LogP contribution is -2.52. The van der Waals surface area contributed by atoms with Gasteiger partial charge in [0, 0.05) is 30.2 Å². The third-order valence-electron chi connectivity index (χ3n) is 8.80. The van der Waals surface area contributed by atoms with Crippen LogP contribution in [0.1, 0.15) is 83.3 Å². The number of halogens is 1. The van der Waals surface area contributed by atoms with Gasteiger partial charge >= 0.3 is 18.2 Å². The molecule has 2 aromatic rings. The van der Waals surface area contributed by atoms with Gasteiger partial charge in [0.25, 0.3) is 0 Å². The molecule has 0 unspecified atom stereocenters. The van der Waals surface area contributed by atoms with Crippen LogP contribution in [0, 0.1) is 5.92 Å². The van der Waals surface area contributed by atoms with Gasteiger partial charge in [-0.2, -0.15) is 0 Å². The number of para-hydroxylation sites is 1. The molecule has 272 valence electrons. The van der Waals surface area contributed by atoms with Gasteiger partial charge in [0.2, 0.25) is 11.8 Å². The van der Waals surface area contributed by atoms with Crippen molar-refractivity contribution in [3.63, 3.8) is 0 Å². The molecule has 13 heteroatoms. The maximum absolute atomic E-state index is 13.7. The lowest BCUT2D eigenvalue weighted by molar-refractivity contribution is -0.145. The number of hydrogen-bond donors (Lipinski definition) is 2. The lowest BCUT2D eigenvalue weighted by atomic mass is 9.84. The summed E-state index contributed by atoms with van der Waals surface area (Å²) in [6.45, 7) is 6.09. The summed E-state index contributed by atoms with van der Waals surface area (Å²) < 4.78 is 16.0. The van der Waals surface area contributed by atoms with Crippen molar-refractivity contribution in [2.24, 2.45) is 5.92 Å². The van der Waals surface area contributed by atoms with Crippen LogP contribution < -0.4 is 15.5 Å². The quantitative estimate of drug-likeness (QED) is 0.209. The van der Waals surface area contributed by atoms with Crippen LogP contribution in [0.25, 0.3) is 0 Å². The van der Waals surface area contributed by atoms with Crippen molar-refractivity contribution in [1.29, 1.82) is 0 Å². The Morgan fingerprint density at radius 2 is 1.68 bits per heavy atom. The van der Waals surface area contributed by atoms with Crippen LogP contribution in [-0.2, 0) is 41.7 Å². The summed E-state index contributed by atoms with van der Waals surface area (Å²) in [5.74, 6) is -1.34. The fourth-order valence-electron chi connectivity index (χ4n) is 6.29. The number of methoxy groups -OCH3 is 1. The van der Waals surface area contributed by atoms with Crippen molar-refractivity contribution in [2.75, 3.05) is 25.1 Å². The van der Waals surface area contributed by atoms with Crippen LogP contribution in [0.3, 0.4) is 0 Å². The van der Waals surface area contributed by atoms with Crippen LogP contribution in [0.5, 0.6) is 0 Å². The van der Waals surface area contributed by atoms with Gasteiger partial charge in [-0.05, 0) is 68.9 Å². The molecular weight excluding hydrogens is 664 g/mol. The number of nitrogens with zero attached hydrogens (tertiary/aromatic N) is 2. The second-order valence-electron chi connectivity index (χ2n) is 13.8. The first-order valence-corrected chi connectivity index (χ1v) is 17.6. The minimum absolute atomic E-state index is 0.0355. The summed E-state index contributed by atoms with van der Waals surface area (Å²) >= 11 is 6.05. The summed E-state index contributed by atoms with van der Waals surface area (Å²) in [6.07, 6.45) is 4.07. The van der Waals surface area contributed by atoms with Gasteiger partial charge in [0.1, 0.15) is 24.3 Å². The molecule has 2 aliphatic rings. The average molecular weight is 713 g/mol. The van der Waals surface area contributed by atoms with Gasteiger partial charge in [0.05, 0.1) is 13.7 Å². The molecule has 4 amide bonds. The van der Waals surface area contributed by atoms with E-state index in [0.717, 1.165) is 37.7 Å². The maximum Gasteiger partial charge on any atom is 0.410 e. The highest BCUT2D eigenvalue weighted by molar-refractivity contribution is 6.30. The van der Waals surface area contributed by atoms with Crippen molar-refractivity contribution in [2.45, 2.75) is 103 Å². The van der Waals surface area contributed by atoms with E-state index >= 15 is 0 Å². The number of carbonyl (C=O) groups excluding carboxylic acids is 5. The number of amides is 4. The van der Waals surface area contributed by atoms with Crippen LogP contribution in [0.4, 0.5) is 15.3 Å². The van der Waals surface area contributed by atoms with Gasteiger partial charge in [-0.3, -0.25) is 9.59 Å². The van der Waals surface area contributed by atoms with Gasteiger partial charge in [-0.1, -0.05) is 74.0 Å². The molecule has 0 bridgehead atoms. The molecule has 0 saturated heterocycles. The zero-order chi connectivity index (χ0) is 36.3. The molecule has 0 aromatic heterocycles. The number of ether oxygens (including phenoxy) is 3. The number of nitrogens with one attached hydrogen (secondary N) is 2. The van der Waals surface area contributed by atoms with Crippen LogP contribution in [0.2, 0.25) is 5.02 Å². The normalized spacial score (nSPS) is 16.3. The minimum Gasteiger partial charge on any atom is -0.467 e. The molecule has 2 aromatic carbocycles. The van der Waals surface area contributed by atoms with Crippen LogP contribution in [-0.4, -0.2) is 72.8 Å². The number of carbonyl (C=O) groups is 5. The Hall–Kier alpha value is -4.32. The van der Waals surface area contributed by atoms with E-state index < -0.39 is 41.7 Å². The number of esters is 1. The predicted molar refractivity (Wildman–Crippen MR) is 188 cm³/mol. The lowest BCUT2D eigenvalue weighted by Gasteiger charge is -2.28. The van der Waals surface area contributed by atoms with Crippen LogP contribution in [0.15, 0.2) is 48.5 Å². The Kier molecular flexibility index (Phi) is 13.9. The average Bonchev–Trinajstić information content (AvgIpc) is 3.28. The number of fused-ring (bicyclic) bond motifs is 1. The third-order valence-corrected chi connectivity index (χ3v) is 9.04. The number of alkyl carbamates (subject to hydrolysis) is 1. The van der Waals surface area contributed by atoms with E-state index in [1.807, 2.05) is 24.3 Å². The van der Waals surface area contributed by atoms with E-state index in [1.165, 1.54) is 7.11 Å². The molecule has 1 aliphatic heterocycles. The first kappa shape index (κ1) is 38.5. The first-order valence-electron chi connectivity index (χ1n) is 17.2. The third kappa shape index (κ3) is 11.6. The largest absolute Gasteiger partial charge is 0.467 e. The Bertz CT molecular complexity index is 1510. The molecule has 2 N–H and O–H groups in total. The van der Waals surface area contributed by atoms with Crippen molar-refractivity contribution < 1.29 is 38.2 Å². The zero-order valence-electron chi connectivity index (χ0n) is 29.4. The van der Waals surface area contributed by atoms with E-state index in [4.69, 9.17) is 25.8 Å². The Labute approximate surface area is 299 Å². The van der Waals surface area contributed by atoms with E-state index in [1.54, 1.807) is 54.8 Å². The summed E-state index contributed by atoms with van der Waals surface area (Å²) in [7, 11) is 1.21. The molecule has 1 heterocycles. The van der Waals surface area contributed by atoms with E-state index in [-0.39, 0.29) is 50.9 Å². The minimum atomic E-state index is -1.14.